The Morgan fingerprint density at radius 1 is 0.400 bits per heavy atom. The van der Waals surface area contributed by atoms with Crippen LogP contribution in [0.3, 0.4) is 0 Å². The van der Waals surface area contributed by atoms with E-state index in [1.807, 2.05) is 72.8 Å². The van der Waals surface area contributed by atoms with Crippen molar-refractivity contribution in [1.82, 2.24) is 0 Å². The number of hydrogen-bond donors (Lipinski definition) is 4. The zero-order chi connectivity index (χ0) is 21.3. The monoisotopic (exact) mass is 398 g/mol. The normalized spacial score (nSPS) is 10.0. The average molecular weight is 399 g/mol. The SMILES string of the molecule is Nc1ccc(Cc2ccc(N)cc2)cc1.Nc1ccc(Oc2ccc(N)cc2)cc1. The van der Waals surface area contributed by atoms with E-state index in [9.17, 15) is 0 Å². The van der Waals surface area contributed by atoms with E-state index in [1.165, 1.54) is 11.1 Å². The van der Waals surface area contributed by atoms with Crippen LogP contribution < -0.4 is 27.7 Å². The molecule has 4 aromatic carbocycles. The highest BCUT2D eigenvalue weighted by Crippen LogP contribution is 2.22. The molecule has 4 aromatic rings. The molecular formula is C25H26N4O. The zero-order valence-corrected chi connectivity index (χ0v) is 16.7. The third kappa shape index (κ3) is 6.49. The van der Waals surface area contributed by atoms with E-state index in [0.717, 1.165) is 40.7 Å². The molecule has 0 aliphatic rings. The minimum Gasteiger partial charge on any atom is -0.457 e. The van der Waals surface area contributed by atoms with Crippen LogP contribution in [0.15, 0.2) is 97.1 Å². The molecule has 4 rings (SSSR count). The molecule has 0 fully saturated rings. The highest BCUT2D eigenvalue weighted by atomic mass is 16.5. The van der Waals surface area contributed by atoms with Gasteiger partial charge in [0, 0.05) is 22.7 Å². The summed E-state index contributed by atoms with van der Waals surface area (Å²) in [5.41, 5.74) is 27.9. The summed E-state index contributed by atoms with van der Waals surface area (Å²) in [7, 11) is 0. The molecule has 0 saturated carbocycles. The first-order valence-electron chi connectivity index (χ1n) is 9.56. The van der Waals surface area contributed by atoms with Gasteiger partial charge >= 0.3 is 0 Å². The predicted octanol–water partition coefficient (Wildman–Crippen LogP) is 5.09. The highest BCUT2D eigenvalue weighted by Gasteiger charge is 1.97. The number of rotatable bonds is 4. The van der Waals surface area contributed by atoms with Crippen molar-refractivity contribution < 1.29 is 4.74 Å². The number of nitrogen functional groups attached to an aromatic ring is 4. The first-order valence-corrected chi connectivity index (χ1v) is 9.56. The molecule has 0 atom stereocenters. The van der Waals surface area contributed by atoms with Gasteiger partial charge in [-0.2, -0.15) is 0 Å². The Hall–Kier alpha value is -4.12. The predicted molar refractivity (Wildman–Crippen MR) is 126 cm³/mol. The van der Waals surface area contributed by atoms with Crippen molar-refractivity contribution in [3.05, 3.63) is 108 Å². The minimum atomic E-state index is 0.722. The zero-order valence-electron chi connectivity index (χ0n) is 16.7. The van der Waals surface area contributed by atoms with Crippen molar-refractivity contribution in [1.29, 1.82) is 0 Å². The summed E-state index contributed by atoms with van der Waals surface area (Å²) < 4.78 is 5.58. The third-order valence-corrected chi connectivity index (χ3v) is 4.36. The average Bonchev–Trinajstić information content (AvgIpc) is 2.75. The van der Waals surface area contributed by atoms with Gasteiger partial charge in [-0.1, -0.05) is 24.3 Å². The van der Waals surface area contributed by atoms with Crippen molar-refractivity contribution in [3.8, 4) is 11.5 Å². The van der Waals surface area contributed by atoms with Gasteiger partial charge in [-0.25, -0.2) is 0 Å². The van der Waals surface area contributed by atoms with Gasteiger partial charge in [0.2, 0.25) is 0 Å². The van der Waals surface area contributed by atoms with Gasteiger partial charge in [0.25, 0.3) is 0 Å². The van der Waals surface area contributed by atoms with Crippen molar-refractivity contribution >= 4 is 22.7 Å². The third-order valence-electron chi connectivity index (χ3n) is 4.36. The number of ether oxygens (including phenoxy) is 1. The second-order valence-corrected chi connectivity index (χ2v) is 6.90. The summed E-state index contributed by atoms with van der Waals surface area (Å²) in [6.45, 7) is 0. The van der Waals surface area contributed by atoms with Crippen LogP contribution in [-0.2, 0) is 6.42 Å². The molecule has 0 aliphatic carbocycles. The second kappa shape index (κ2) is 9.89. The molecule has 152 valence electrons. The van der Waals surface area contributed by atoms with Crippen LogP contribution in [0, 0.1) is 0 Å². The summed E-state index contributed by atoms with van der Waals surface area (Å²) in [4.78, 5) is 0. The van der Waals surface area contributed by atoms with Crippen molar-refractivity contribution in [2.45, 2.75) is 6.42 Å². The fourth-order valence-electron chi connectivity index (χ4n) is 2.71. The van der Waals surface area contributed by atoms with E-state index in [2.05, 4.69) is 0 Å². The van der Waals surface area contributed by atoms with Crippen LogP contribution >= 0.6 is 0 Å². The first-order chi connectivity index (χ1) is 14.5. The lowest BCUT2D eigenvalue weighted by Crippen LogP contribution is -1.90. The molecule has 0 spiro atoms. The molecular weight excluding hydrogens is 372 g/mol. The van der Waals surface area contributed by atoms with E-state index >= 15 is 0 Å². The maximum atomic E-state index is 5.62. The van der Waals surface area contributed by atoms with Gasteiger partial charge in [0.15, 0.2) is 0 Å². The summed E-state index contributed by atoms with van der Waals surface area (Å²) >= 11 is 0. The maximum absolute atomic E-state index is 5.62. The molecule has 30 heavy (non-hydrogen) atoms. The first kappa shape index (κ1) is 20.6. The Bertz CT molecular complexity index is 866. The number of benzene rings is 4. The van der Waals surface area contributed by atoms with Crippen LogP contribution in [0.25, 0.3) is 0 Å². The molecule has 0 aliphatic heterocycles. The molecule has 0 amide bonds. The van der Waals surface area contributed by atoms with Crippen LogP contribution in [0.4, 0.5) is 22.7 Å². The van der Waals surface area contributed by atoms with Gasteiger partial charge < -0.3 is 27.7 Å². The Morgan fingerprint density at radius 2 is 0.667 bits per heavy atom. The lowest BCUT2D eigenvalue weighted by atomic mass is 10.0. The van der Waals surface area contributed by atoms with Crippen molar-refractivity contribution in [2.24, 2.45) is 0 Å². The quantitative estimate of drug-likeness (QED) is 0.358. The van der Waals surface area contributed by atoms with Crippen LogP contribution in [0.5, 0.6) is 11.5 Å². The largest absolute Gasteiger partial charge is 0.457 e. The van der Waals surface area contributed by atoms with E-state index < -0.39 is 0 Å². The smallest absolute Gasteiger partial charge is 0.127 e. The highest BCUT2D eigenvalue weighted by molar-refractivity contribution is 5.46. The Labute approximate surface area is 176 Å². The topological polar surface area (TPSA) is 113 Å². The molecule has 0 bridgehead atoms. The van der Waals surface area contributed by atoms with E-state index in [0.29, 0.717) is 0 Å². The fraction of sp³-hybridized carbons (Fsp3) is 0.0400. The second-order valence-electron chi connectivity index (χ2n) is 6.90. The summed E-state index contributed by atoms with van der Waals surface area (Å²) in [6, 6.07) is 30.4. The molecule has 0 unspecified atom stereocenters. The maximum Gasteiger partial charge on any atom is 0.127 e. The molecule has 0 heterocycles. The van der Waals surface area contributed by atoms with Crippen molar-refractivity contribution in [3.63, 3.8) is 0 Å². The molecule has 5 nitrogen and oxygen atoms in total. The molecule has 5 heteroatoms. The molecule has 0 saturated heterocycles. The summed E-state index contributed by atoms with van der Waals surface area (Å²) in [6.07, 6.45) is 0.917. The minimum absolute atomic E-state index is 0.722. The fourth-order valence-corrected chi connectivity index (χ4v) is 2.71. The van der Waals surface area contributed by atoms with Crippen LogP contribution in [-0.4, -0.2) is 0 Å². The van der Waals surface area contributed by atoms with E-state index in [-0.39, 0.29) is 0 Å². The van der Waals surface area contributed by atoms with E-state index in [1.54, 1.807) is 24.3 Å². The Morgan fingerprint density at radius 3 is 0.967 bits per heavy atom. The van der Waals surface area contributed by atoms with Crippen LogP contribution in [0.1, 0.15) is 11.1 Å². The lowest BCUT2D eigenvalue weighted by molar-refractivity contribution is 0.483. The molecule has 8 N–H and O–H groups in total. The standard InChI is InChI=1S/C13H14N2.C12H12N2O/c14-12-5-1-10(2-6-12)9-11-3-7-13(15)8-4-11;13-9-1-5-11(6-2-9)15-12-7-3-10(14)4-8-12/h1-8H,9,14-15H2;1-8H,13-14H2. The number of nitrogens with two attached hydrogens (primary N) is 4. The Balaban J connectivity index is 0.000000171. The van der Waals surface area contributed by atoms with Crippen LogP contribution in [0.2, 0.25) is 0 Å². The number of hydrogen-bond acceptors (Lipinski definition) is 5. The van der Waals surface area contributed by atoms with Gasteiger partial charge in [-0.05, 0) is 90.3 Å². The number of anilines is 4. The van der Waals surface area contributed by atoms with Gasteiger partial charge in [-0.3, -0.25) is 0 Å². The molecule has 0 aromatic heterocycles. The Kier molecular flexibility index (Phi) is 6.79. The molecule has 0 radical (unpaired) electrons. The summed E-state index contributed by atoms with van der Waals surface area (Å²) in [5.74, 6) is 1.52. The van der Waals surface area contributed by atoms with Gasteiger partial charge in [0.1, 0.15) is 11.5 Å². The van der Waals surface area contributed by atoms with Gasteiger partial charge in [-0.15, -0.1) is 0 Å². The van der Waals surface area contributed by atoms with E-state index in [4.69, 9.17) is 27.7 Å². The van der Waals surface area contributed by atoms with Crippen molar-refractivity contribution in [2.75, 3.05) is 22.9 Å². The lowest BCUT2D eigenvalue weighted by Gasteiger charge is -2.05. The van der Waals surface area contributed by atoms with Gasteiger partial charge in [0.05, 0.1) is 0 Å². The summed E-state index contributed by atoms with van der Waals surface area (Å²) in [5, 5.41) is 0.